The summed E-state index contributed by atoms with van der Waals surface area (Å²) in [6, 6.07) is 7.31. The van der Waals surface area contributed by atoms with E-state index < -0.39 is 5.54 Å². The maximum absolute atomic E-state index is 8.85. The van der Waals surface area contributed by atoms with Gasteiger partial charge in [-0.2, -0.15) is 5.26 Å². The van der Waals surface area contributed by atoms with Crippen LogP contribution in [0, 0.1) is 11.3 Å². The van der Waals surface area contributed by atoms with E-state index in [0.717, 1.165) is 5.56 Å². The molecule has 1 aliphatic heterocycles. The minimum Gasteiger partial charge on any atom is -0.454 e. The van der Waals surface area contributed by atoms with E-state index in [1.54, 1.807) is 25.1 Å². The summed E-state index contributed by atoms with van der Waals surface area (Å²) in [5, 5.41) is 8.85. The minimum atomic E-state index is -0.985. The fourth-order valence-electron chi connectivity index (χ4n) is 1.28. The molecular formula is C10H10N2O2. The highest BCUT2D eigenvalue weighted by Gasteiger charge is 2.23. The Morgan fingerprint density at radius 2 is 2.14 bits per heavy atom. The van der Waals surface area contributed by atoms with E-state index in [0.29, 0.717) is 11.5 Å². The summed E-state index contributed by atoms with van der Waals surface area (Å²) in [6.07, 6.45) is 0. The van der Waals surface area contributed by atoms with Crippen molar-refractivity contribution in [2.24, 2.45) is 5.73 Å². The molecule has 0 bridgehead atoms. The van der Waals surface area contributed by atoms with Crippen molar-refractivity contribution in [2.45, 2.75) is 12.5 Å². The van der Waals surface area contributed by atoms with E-state index in [-0.39, 0.29) is 6.79 Å². The first-order valence-corrected chi connectivity index (χ1v) is 4.24. The van der Waals surface area contributed by atoms with Gasteiger partial charge in [0.05, 0.1) is 6.07 Å². The van der Waals surface area contributed by atoms with Crippen molar-refractivity contribution in [1.82, 2.24) is 0 Å². The molecule has 4 heteroatoms. The number of nitriles is 1. The second-order valence-corrected chi connectivity index (χ2v) is 3.38. The van der Waals surface area contributed by atoms with Crippen LogP contribution in [0.2, 0.25) is 0 Å². The van der Waals surface area contributed by atoms with Crippen molar-refractivity contribution in [3.63, 3.8) is 0 Å². The molecule has 1 aliphatic rings. The predicted molar refractivity (Wildman–Crippen MR) is 49.7 cm³/mol. The summed E-state index contributed by atoms with van der Waals surface area (Å²) in [5.41, 5.74) is 5.51. The highest BCUT2D eigenvalue weighted by atomic mass is 16.7. The van der Waals surface area contributed by atoms with Crippen LogP contribution < -0.4 is 15.2 Å². The van der Waals surface area contributed by atoms with Gasteiger partial charge in [0.1, 0.15) is 5.54 Å². The van der Waals surface area contributed by atoms with Gasteiger partial charge in [0, 0.05) is 0 Å². The minimum absolute atomic E-state index is 0.229. The van der Waals surface area contributed by atoms with Gasteiger partial charge in [-0.15, -0.1) is 0 Å². The molecule has 0 saturated carbocycles. The normalized spacial score (nSPS) is 17.2. The first kappa shape index (κ1) is 8.85. The Morgan fingerprint density at radius 1 is 1.43 bits per heavy atom. The van der Waals surface area contributed by atoms with Crippen molar-refractivity contribution < 1.29 is 9.47 Å². The number of hydrogen-bond acceptors (Lipinski definition) is 4. The Hall–Kier alpha value is -1.73. The molecule has 0 unspecified atom stereocenters. The standard InChI is InChI=1S/C10H10N2O2/c1-10(12,5-11)7-2-3-8-9(4-7)14-6-13-8/h2-4H,6,12H2,1H3/t10-/m1/s1. The SMILES string of the molecule is C[C@@](N)(C#N)c1ccc2c(c1)OCO2. The molecule has 0 spiro atoms. The maximum Gasteiger partial charge on any atom is 0.231 e. The van der Waals surface area contributed by atoms with Crippen molar-refractivity contribution >= 4 is 0 Å². The summed E-state index contributed by atoms with van der Waals surface area (Å²) in [4.78, 5) is 0. The lowest BCUT2D eigenvalue weighted by Gasteiger charge is -2.15. The van der Waals surface area contributed by atoms with Crippen LogP contribution in [0.1, 0.15) is 12.5 Å². The smallest absolute Gasteiger partial charge is 0.231 e. The molecule has 2 N–H and O–H groups in total. The highest BCUT2D eigenvalue weighted by molar-refractivity contribution is 5.47. The van der Waals surface area contributed by atoms with E-state index in [4.69, 9.17) is 20.5 Å². The third-order valence-electron chi connectivity index (χ3n) is 2.20. The fraction of sp³-hybridized carbons (Fsp3) is 0.300. The zero-order valence-electron chi connectivity index (χ0n) is 7.78. The van der Waals surface area contributed by atoms with E-state index >= 15 is 0 Å². The van der Waals surface area contributed by atoms with Crippen molar-refractivity contribution in [3.05, 3.63) is 23.8 Å². The average Bonchev–Trinajstić information content (AvgIpc) is 2.64. The Bertz CT molecular complexity index is 407. The Kier molecular flexibility index (Phi) is 1.83. The van der Waals surface area contributed by atoms with Crippen LogP contribution in [-0.4, -0.2) is 6.79 Å². The Balaban J connectivity index is 2.44. The number of nitrogens with two attached hydrogens (primary N) is 1. The molecule has 0 fully saturated rings. The molecule has 1 aromatic carbocycles. The summed E-state index contributed by atoms with van der Waals surface area (Å²) in [7, 11) is 0. The monoisotopic (exact) mass is 190 g/mol. The van der Waals surface area contributed by atoms with Crippen molar-refractivity contribution in [2.75, 3.05) is 6.79 Å². The summed E-state index contributed by atoms with van der Waals surface area (Å²) >= 11 is 0. The molecule has 1 atom stereocenters. The number of rotatable bonds is 1. The molecule has 0 amide bonds. The molecule has 1 heterocycles. The zero-order valence-corrected chi connectivity index (χ0v) is 7.78. The third kappa shape index (κ3) is 1.28. The number of fused-ring (bicyclic) bond motifs is 1. The van der Waals surface area contributed by atoms with Gasteiger partial charge in [-0.05, 0) is 24.6 Å². The van der Waals surface area contributed by atoms with Crippen LogP contribution in [0.15, 0.2) is 18.2 Å². The average molecular weight is 190 g/mol. The van der Waals surface area contributed by atoms with E-state index in [9.17, 15) is 0 Å². The largest absolute Gasteiger partial charge is 0.454 e. The van der Waals surface area contributed by atoms with E-state index in [1.807, 2.05) is 6.07 Å². The molecule has 0 saturated heterocycles. The number of ether oxygens (including phenoxy) is 2. The molecular weight excluding hydrogens is 180 g/mol. The van der Waals surface area contributed by atoms with Gasteiger partial charge >= 0.3 is 0 Å². The van der Waals surface area contributed by atoms with Crippen LogP contribution in [0.4, 0.5) is 0 Å². The number of benzene rings is 1. The number of nitrogens with zero attached hydrogens (tertiary/aromatic N) is 1. The summed E-state index contributed by atoms with van der Waals surface area (Å²) < 4.78 is 10.3. The van der Waals surface area contributed by atoms with Gasteiger partial charge in [0.2, 0.25) is 6.79 Å². The molecule has 0 aromatic heterocycles. The summed E-state index contributed by atoms with van der Waals surface area (Å²) in [6.45, 7) is 1.89. The van der Waals surface area contributed by atoms with Crippen LogP contribution >= 0.6 is 0 Å². The molecule has 4 nitrogen and oxygen atoms in total. The third-order valence-corrected chi connectivity index (χ3v) is 2.20. The van der Waals surface area contributed by atoms with Gasteiger partial charge in [-0.1, -0.05) is 6.07 Å². The molecule has 1 aromatic rings. The van der Waals surface area contributed by atoms with Crippen LogP contribution in [0.25, 0.3) is 0 Å². The quantitative estimate of drug-likeness (QED) is 0.720. The molecule has 0 radical (unpaired) electrons. The lowest BCUT2D eigenvalue weighted by molar-refractivity contribution is 0.174. The Morgan fingerprint density at radius 3 is 2.86 bits per heavy atom. The highest BCUT2D eigenvalue weighted by Crippen LogP contribution is 2.34. The van der Waals surface area contributed by atoms with Gasteiger partial charge in [-0.3, -0.25) is 0 Å². The van der Waals surface area contributed by atoms with Gasteiger partial charge in [-0.25, -0.2) is 0 Å². The van der Waals surface area contributed by atoms with Crippen LogP contribution in [0.5, 0.6) is 11.5 Å². The Labute approximate surface area is 81.8 Å². The molecule has 14 heavy (non-hydrogen) atoms. The molecule has 2 rings (SSSR count). The first-order valence-electron chi connectivity index (χ1n) is 4.24. The lowest BCUT2D eigenvalue weighted by atomic mass is 9.95. The van der Waals surface area contributed by atoms with Crippen molar-refractivity contribution in [3.8, 4) is 17.6 Å². The molecule has 72 valence electrons. The number of hydrogen-bond donors (Lipinski definition) is 1. The maximum atomic E-state index is 8.85. The lowest BCUT2D eigenvalue weighted by Crippen LogP contribution is -2.30. The first-order chi connectivity index (χ1) is 6.63. The fourth-order valence-corrected chi connectivity index (χ4v) is 1.28. The topological polar surface area (TPSA) is 68.3 Å². The second kappa shape index (κ2) is 2.89. The van der Waals surface area contributed by atoms with Crippen LogP contribution in [-0.2, 0) is 5.54 Å². The van der Waals surface area contributed by atoms with E-state index in [1.165, 1.54) is 0 Å². The van der Waals surface area contributed by atoms with Gasteiger partial charge < -0.3 is 15.2 Å². The molecule has 0 aliphatic carbocycles. The van der Waals surface area contributed by atoms with E-state index in [2.05, 4.69) is 0 Å². The summed E-state index contributed by atoms with van der Waals surface area (Å²) in [5.74, 6) is 1.34. The van der Waals surface area contributed by atoms with Crippen molar-refractivity contribution in [1.29, 1.82) is 5.26 Å². The predicted octanol–water partition coefficient (Wildman–Crippen LogP) is 1.11. The van der Waals surface area contributed by atoms with Gasteiger partial charge in [0.25, 0.3) is 0 Å². The van der Waals surface area contributed by atoms with Gasteiger partial charge in [0.15, 0.2) is 11.5 Å². The zero-order chi connectivity index (χ0) is 10.2. The second-order valence-electron chi connectivity index (χ2n) is 3.38. The van der Waals surface area contributed by atoms with Crippen LogP contribution in [0.3, 0.4) is 0 Å².